The first kappa shape index (κ1) is 16.8. The summed E-state index contributed by atoms with van der Waals surface area (Å²) in [5.41, 5.74) is -0.182. The third kappa shape index (κ3) is 9.48. The molecule has 0 radical (unpaired) electrons. The fourth-order valence-electron chi connectivity index (χ4n) is 1.05. The first-order chi connectivity index (χ1) is 7.73. The van der Waals surface area contributed by atoms with Gasteiger partial charge in [-0.25, -0.2) is 0 Å². The van der Waals surface area contributed by atoms with Crippen molar-refractivity contribution in [3.8, 4) is 0 Å². The Hall–Kier alpha value is -0.220. The zero-order valence-electron chi connectivity index (χ0n) is 11.7. The third-order valence-corrected chi connectivity index (χ3v) is 3.56. The zero-order chi connectivity index (χ0) is 13.5. The smallest absolute Gasteiger partial charge is 0.230 e. The maximum absolute atomic E-state index is 11.5. The first-order valence-electron chi connectivity index (χ1n) is 6.26. The number of aliphatic hydroxyl groups excluding tert-OH is 1. The molecule has 0 aliphatic heterocycles. The molecule has 0 fully saturated rings. The van der Waals surface area contributed by atoms with E-state index in [1.54, 1.807) is 11.8 Å². The van der Waals surface area contributed by atoms with Crippen LogP contribution in [0, 0.1) is 11.3 Å². The topological polar surface area (TPSA) is 49.3 Å². The predicted octanol–water partition coefficient (Wildman–Crippen LogP) is 2.29. The predicted molar refractivity (Wildman–Crippen MR) is 75.3 cm³/mol. The van der Waals surface area contributed by atoms with E-state index in [-0.39, 0.29) is 11.3 Å². The molecule has 0 aromatic rings. The number of carbonyl (C=O) groups excluding carboxylic acids is 1. The van der Waals surface area contributed by atoms with Crippen LogP contribution in [0.25, 0.3) is 0 Å². The number of thioether (sulfide) groups is 1. The molecule has 0 bridgehead atoms. The van der Waals surface area contributed by atoms with Crippen molar-refractivity contribution in [3.63, 3.8) is 0 Å². The second kappa shape index (κ2) is 7.98. The number of hydrogen-bond donors (Lipinski definition) is 2. The summed E-state index contributed by atoms with van der Waals surface area (Å²) in [6, 6.07) is 0. The number of hydrogen-bond acceptors (Lipinski definition) is 3. The highest BCUT2D eigenvalue weighted by Crippen LogP contribution is 2.18. The lowest BCUT2D eigenvalue weighted by Gasteiger charge is -2.25. The zero-order valence-corrected chi connectivity index (χ0v) is 12.6. The van der Waals surface area contributed by atoms with E-state index < -0.39 is 6.10 Å². The summed E-state index contributed by atoms with van der Waals surface area (Å²) >= 11 is 1.66. The molecular weight excluding hydrogens is 234 g/mol. The van der Waals surface area contributed by atoms with Crippen LogP contribution in [0.15, 0.2) is 0 Å². The highest BCUT2D eigenvalue weighted by Gasteiger charge is 2.22. The Morgan fingerprint density at radius 3 is 2.41 bits per heavy atom. The molecule has 17 heavy (non-hydrogen) atoms. The lowest BCUT2D eigenvalue weighted by atomic mass is 9.89. The lowest BCUT2D eigenvalue weighted by molar-refractivity contribution is -0.119. The van der Waals surface area contributed by atoms with Gasteiger partial charge in [-0.1, -0.05) is 34.6 Å². The van der Waals surface area contributed by atoms with E-state index >= 15 is 0 Å². The maximum atomic E-state index is 11.5. The van der Waals surface area contributed by atoms with Gasteiger partial charge in [-0.15, -0.1) is 0 Å². The molecule has 3 nitrogen and oxygen atoms in total. The van der Waals surface area contributed by atoms with Gasteiger partial charge in [-0.3, -0.25) is 4.79 Å². The van der Waals surface area contributed by atoms with Crippen LogP contribution in [0.4, 0.5) is 0 Å². The van der Waals surface area contributed by atoms with Crippen LogP contribution < -0.4 is 5.32 Å². The van der Waals surface area contributed by atoms with E-state index in [0.717, 1.165) is 12.2 Å². The molecule has 0 saturated carbocycles. The van der Waals surface area contributed by atoms with Crippen molar-refractivity contribution in [2.24, 2.45) is 11.3 Å². The van der Waals surface area contributed by atoms with E-state index in [1.165, 1.54) is 0 Å². The van der Waals surface area contributed by atoms with Gasteiger partial charge in [-0.2, -0.15) is 11.8 Å². The van der Waals surface area contributed by atoms with Crippen molar-refractivity contribution < 1.29 is 9.90 Å². The maximum Gasteiger partial charge on any atom is 0.230 e. The van der Waals surface area contributed by atoms with E-state index in [0.29, 0.717) is 18.2 Å². The van der Waals surface area contributed by atoms with E-state index in [2.05, 4.69) is 19.2 Å². The molecule has 4 heteroatoms. The van der Waals surface area contributed by atoms with Gasteiger partial charge < -0.3 is 10.4 Å². The van der Waals surface area contributed by atoms with Gasteiger partial charge in [0.25, 0.3) is 0 Å². The van der Waals surface area contributed by atoms with Crippen LogP contribution in [0.5, 0.6) is 0 Å². The minimum atomic E-state index is -0.493. The van der Waals surface area contributed by atoms with E-state index in [4.69, 9.17) is 0 Å². The van der Waals surface area contributed by atoms with Gasteiger partial charge in [0.2, 0.25) is 5.91 Å². The SMILES string of the molecule is CC(C)CCSCC(=O)NCC(O)C(C)(C)C. The van der Waals surface area contributed by atoms with Gasteiger partial charge in [0.1, 0.15) is 0 Å². The molecular formula is C13H27NO2S. The summed E-state index contributed by atoms with van der Waals surface area (Å²) in [4.78, 5) is 11.5. The normalized spacial score (nSPS) is 13.8. The average molecular weight is 261 g/mol. The number of carbonyl (C=O) groups is 1. The number of aliphatic hydroxyl groups is 1. The van der Waals surface area contributed by atoms with Crippen LogP contribution in [-0.4, -0.2) is 35.2 Å². The Morgan fingerprint density at radius 1 is 1.35 bits per heavy atom. The van der Waals surface area contributed by atoms with Crippen molar-refractivity contribution in [1.29, 1.82) is 0 Å². The molecule has 0 saturated heterocycles. The molecule has 1 unspecified atom stereocenters. The molecule has 2 N–H and O–H groups in total. The quantitative estimate of drug-likeness (QED) is 0.691. The minimum Gasteiger partial charge on any atom is -0.391 e. The van der Waals surface area contributed by atoms with Gasteiger partial charge in [0, 0.05) is 6.54 Å². The number of rotatable bonds is 7. The van der Waals surface area contributed by atoms with Crippen molar-refractivity contribution in [2.75, 3.05) is 18.1 Å². The highest BCUT2D eigenvalue weighted by atomic mass is 32.2. The average Bonchev–Trinajstić information content (AvgIpc) is 2.19. The summed E-state index contributed by atoms with van der Waals surface area (Å²) < 4.78 is 0. The number of amides is 1. The largest absolute Gasteiger partial charge is 0.391 e. The van der Waals surface area contributed by atoms with Crippen LogP contribution in [-0.2, 0) is 4.79 Å². The Morgan fingerprint density at radius 2 is 1.94 bits per heavy atom. The van der Waals surface area contributed by atoms with Gasteiger partial charge in [-0.05, 0) is 23.5 Å². The summed E-state index contributed by atoms with van der Waals surface area (Å²) in [6.07, 6.45) is 0.648. The molecule has 0 aromatic heterocycles. The van der Waals surface area contributed by atoms with Crippen molar-refractivity contribution in [1.82, 2.24) is 5.32 Å². The molecule has 0 heterocycles. The summed E-state index contributed by atoms with van der Waals surface area (Å²) in [7, 11) is 0. The number of nitrogens with one attached hydrogen (secondary N) is 1. The fraction of sp³-hybridized carbons (Fsp3) is 0.923. The molecule has 0 rings (SSSR count). The Labute approximate surface area is 110 Å². The highest BCUT2D eigenvalue weighted by molar-refractivity contribution is 7.99. The second-order valence-electron chi connectivity index (χ2n) is 5.92. The summed E-state index contributed by atoms with van der Waals surface area (Å²) in [5.74, 6) is 2.21. The standard InChI is InChI=1S/C13H27NO2S/c1-10(2)6-7-17-9-12(16)14-8-11(15)13(3,4)5/h10-11,15H,6-9H2,1-5H3,(H,14,16). The monoisotopic (exact) mass is 261 g/mol. The van der Waals surface area contributed by atoms with Crippen molar-refractivity contribution >= 4 is 17.7 Å². The molecule has 102 valence electrons. The second-order valence-corrected chi connectivity index (χ2v) is 7.03. The Balaban J connectivity index is 3.60. The van der Waals surface area contributed by atoms with Crippen LogP contribution >= 0.6 is 11.8 Å². The van der Waals surface area contributed by atoms with Gasteiger partial charge >= 0.3 is 0 Å². The van der Waals surface area contributed by atoms with Crippen LogP contribution in [0.2, 0.25) is 0 Å². The van der Waals surface area contributed by atoms with E-state index in [9.17, 15) is 9.90 Å². The summed E-state index contributed by atoms with van der Waals surface area (Å²) in [5, 5.41) is 12.5. The molecule has 0 aliphatic rings. The van der Waals surface area contributed by atoms with Crippen molar-refractivity contribution in [3.05, 3.63) is 0 Å². The van der Waals surface area contributed by atoms with Crippen molar-refractivity contribution in [2.45, 2.75) is 47.1 Å². The molecule has 1 atom stereocenters. The third-order valence-electron chi connectivity index (χ3n) is 2.56. The minimum absolute atomic E-state index is 0.0158. The molecule has 0 aliphatic carbocycles. The molecule has 1 amide bonds. The Bertz CT molecular complexity index is 224. The lowest BCUT2D eigenvalue weighted by Crippen LogP contribution is -2.39. The first-order valence-corrected chi connectivity index (χ1v) is 7.41. The van der Waals surface area contributed by atoms with Gasteiger partial charge in [0.15, 0.2) is 0 Å². The van der Waals surface area contributed by atoms with E-state index in [1.807, 2.05) is 20.8 Å². The fourth-order valence-corrected chi connectivity index (χ4v) is 2.12. The Kier molecular flexibility index (Phi) is 7.88. The molecule has 0 aromatic carbocycles. The van der Waals surface area contributed by atoms with Gasteiger partial charge in [0.05, 0.1) is 11.9 Å². The van der Waals surface area contributed by atoms with Crippen LogP contribution in [0.3, 0.4) is 0 Å². The van der Waals surface area contributed by atoms with Crippen LogP contribution in [0.1, 0.15) is 41.0 Å². The molecule has 0 spiro atoms. The summed E-state index contributed by atoms with van der Waals surface area (Å²) in [6.45, 7) is 10.6.